The third-order valence-electron chi connectivity index (χ3n) is 2.26. The van der Waals surface area contributed by atoms with E-state index in [0.717, 1.165) is 25.1 Å². The van der Waals surface area contributed by atoms with Crippen LogP contribution in [0.2, 0.25) is 5.02 Å². The normalized spacial score (nSPS) is 11.2. The van der Waals surface area contributed by atoms with Gasteiger partial charge in [-0.15, -0.1) is 0 Å². The quantitative estimate of drug-likeness (QED) is 0.332. The van der Waals surface area contributed by atoms with Crippen molar-refractivity contribution in [3.63, 3.8) is 0 Å². The van der Waals surface area contributed by atoms with Crippen LogP contribution in [0.5, 0.6) is 0 Å². The number of pyridine rings is 1. The molecular weight excluding hydrogens is 282 g/mol. The molecule has 1 rings (SSSR count). The lowest BCUT2D eigenvalue weighted by Crippen LogP contribution is -2.43. The second kappa shape index (κ2) is 8.66. The summed E-state index contributed by atoms with van der Waals surface area (Å²) in [4.78, 5) is 8.58. The number of guanidine groups is 1. The Labute approximate surface area is 123 Å². The summed E-state index contributed by atoms with van der Waals surface area (Å²) in [6.45, 7) is 3.37. The molecule has 0 aromatic carbocycles. The Morgan fingerprint density at radius 2 is 2.37 bits per heavy atom. The maximum absolute atomic E-state index is 6.03. The maximum Gasteiger partial charge on any atom is 0.197 e. The summed E-state index contributed by atoms with van der Waals surface area (Å²) in [5, 5.41) is 6.75. The lowest BCUT2D eigenvalue weighted by molar-refractivity contribution is 0.798. The highest BCUT2D eigenvalue weighted by Gasteiger charge is 2.01. The van der Waals surface area contributed by atoms with E-state index in [1.165, 1.54) is 0 Å². The first-order chi connectivity index (χ1) is 9.13. The van der Waals surface area contributed by atoms with Gasteiger partial charge in [-0.2, -0.15) is 0 Å². The number of aryl methyl sites for hydroxylation is 1. The average molecular weight is 300 g/mol. The number of aliphatic imine (C=N–C) groups is 1. The molecule has 0 bridgehead atoms. The zero-order valence-corrected chi connectivity index (χ0v) is 12.4. The van der Waals surface area contributed by atoms with Crippen molar-refractivity contribution in [2.45, 2.75) is 19.8 Å². The van der Waals surface area contributed by atoms with Gasteiger partial charge >= 0.3 is 0 Å². The highest BCUT2D eigenvalue weighted by molar-refractivity contribution is 7.80. The molecule has 0 spiro atoms. The minimum Gasteiger partial charge on any atom is -0.376 e. The van der Waals surface area contributed by atoms with Crippen LogP contribution in [0.3, 0.4) is 0 Å². The fourth-order valence-corrected chi connectivity index (χ4v) is 1.78. The van der Waals surface area contributed by atoms with Crippen LogP contribution in [0.4, 0.5) is 0 Å². The average Bonchev–Trinajstić information content (AvgIpc) is 2.36. The van der Waals surface area contributed by atoms with Gasteiger partial charge in [0.15, 0.2) is 11.1 Å². The molecule has 104 valence electrons. The van der Waals surface area contributed by atoms with Gasteiger partial charge in [0.1, 0.15) is 0 Å². The molecule has 0 fully saturated rings. The number of nitrogens with one attached hydrogen (secondary N) is 2. The summed E-state index contributed by atoms with van der Waals surface area (Å²) in [5.74, 6) is 0.599. The van der Waals surface area contributed by atoms with E-state index in [9.17, 15) is 0 Å². The molecule has 5 nitrogen and oxygen atoms in total. The van der Waals surface area contributed by atoms with Crippen molar-refractivity contribution < 1.29 is 0 Å². The third-order valence-corrected chi connectivity index (χ3v) is 2.71. The predicted molar refractivity (Wildman–Crippen MR) is 83.5 cm³/mol. The minimum atomic E-state index is 0.201. The smallest absolute Gasteiger partial charge is 0.197 e. The number of hydrogen-bond donors (Lipinski definition) is 3. The first-order valence-corrected chi connectivity index (χ1v) is 6.86. The van der Waals surface area contributed by atoms with Crippen molar-refractivity contribution in [3.8, 4) is 0 Å². The molecule has 0 radical (unpaired) electrons. The summed E-state index contributed by atoms with van der Waals surface area (Å²) < 4.78 is 0. The highest BCUT2D eigenvalue weighted by Crippen LogP contribution is 2.13. The van der Waals surface area contributed by atoms with Crippen LogP contribution in [0.25, 0.3) is 0 Å². The topological polar surface area (TPSA) is 75.3 Å². The predicted octanol–water partition coefficient (Wildman–Crippen LogP) is 1.47. The van der Waals surface area contributed by atoms with Crippen molar-refractivity contribution >= 4 is 34.9 Å². The van der Waals surface area contributed by atoms with Crippen molar-refractivity contribution in [2.24, 2.45) is 10.7 Å². The second-order valence-corrected chi connectivity index (χ2v) is 4.63. The molecule has 0 saturated heterocycles. The first-order valence-electron chi connectivity index (χ1n) is 6.07. The lowest BCUT2D eigenvalue weighted by atomic mass is 10.2. The van der Waals surface area contributed by atoms with E-state index in [1.807, 2.05) is 19.1 Å². The van der Waals surface area contributed by atoms with Gasteiger partial charge in [0.05, 0.1) is 10.7 Å². The molecule has 0 amide bonds. The Morgan fingerprint density at radius 3 is 3.00 bits per heavy atom. The Morgan fingerprint density at radius 1 is 1.58 bits per heavy atom. The van der Waals surface area contributed by atoms with Crippen LogP contribution in [0.1, 0.15) is 19.0 Å². The Bertz CT molecular complexity index is 450. The van der Waals surface area contributed by atoms with Crippen LogP contribution in [-0.2, 0) is 6.42 Å². The number of aromatic nitrogens is 1. The monoisotopic (exact) mass is 299 g/mol. The SMILES string of the molecule is CCNC(=NCCCc1ncccc1Cl)NC(N)=S. The van der Waals surface area contributed by atoms with E-state index in [2.05, 4.69) is 20.6 Å². The largest absolute Gasteiger partial charge is 0.376 e. The van der Waals surface area contributed by atoms with Gasteiger partial charge in [0.2, 0.25) is 0 Å². The van der Waals surface area contributed by atoms with Gasteiger partial charge < -0.3 is 16.4 Å². The molecule has 0 aliphatic heterocycles. The van der Waals surface area contributed by atoms with Gasteiger partial charge in [-0.3, -0.25) is 9.98 Å². The van der Waals surface area contributed by atoms with Crippen LogP contribution in [0.15, 0.2) is 23.3 Å². The number of thiocarbonyl (C=S) groups is 1. The molecule has 0 aliphatic rings. The van der Waals surface area contributed by atoms with Crippen LogP contribution >= 0.6 is 23.8 Å². The Balaban J connectivity index is 2.42. The summed E-state index contributed by atoms with van der Waals surface area (Å²) in [7, 11) is 0. The number of hydrogen-bond acceptors (Lipinski definition) is 3. The van der Waals surface area contributed by atoms with E-state index in [0.29, 0.717) is 17.5 Å². The molecule has 0 saturated carbocycles. The molecule has 1 heterocycles. The van der Waals surface area contributed by atoms with E-state index < -0.39 is 0 Å². The molecule has 7 heteroatoms. The van der Waals surface area contributed by atoms with E-state index in [-0.39, 0.29) is 5.11 Å². The molecule has 1 aromatic heterocycles. The van der Waals surface area contributed by atoms with Gasteiger partial charge in [0, 0.05) is 19.3 Å². The molecule has 0 unspecified atom stereocenters. The maximum atomic E-state index is 6.03. The van der Waals surface area contributed by atoms with Gasteiger partial charge in [-0.1, -0.05) is 11.6 Å². The van der Waals surface area contributed by atoms with Gasteiger partial charge in [-0.25, -0.2) is 0 Å². The number of nitrogens with two attached hydrogens (primary N) is 1. The van der Waals surface area contributed by atoms with Gasteiger partial charge in [0.25, 0.3) is 0 Å². The van der Waals surface area contributed by atoms with Crippen molar-refractivity contribution in [3.05, 3.63) is 29.0 Å². The minimum absolute atomic E-state index is 0.201. The zero-order chi connectivity index (χ0) is 14.1. The molecular formula is C12H18ClN5S. The molecule has 1 aromatic rings. The summed E-state index contributed by atoms with van der Waals surface area (Å²) in [5.41, 5.74) is 6.31. The summed E-state index contributed by atoms with van der Waals surface area (Å²) in [6, 6.07) is 3.66. The van der Waals surface area contributed by atoms with E-state index >= 15 is 0 Å². The lowest BCUT2D eigenvalue weighted by Gasteiger charge is -2.09. The highest BCUT2D eigenvalue weighted by atomic mass is 35.5. The van der Waals surface area contributed by atoms with E-state index in [4.69, 9.17) is 29.6 Å². The first kappa shape index (κ1) is 15.7. The number of nitrogens with zero attached hydrogens (tertiary/aromatic N) is 2. The third kappa shape index (κ3) is 6.35. The second-order valence-electron chi connectivity index (χ2n) is 3.79. The number of halogens is 1. The van der Waals surface area contributed by atoms with Crippen molar-refractivity contribution in [1.29, 1.82) is 0 Å². The van der Waals surface area contributed by atoms with Crippen molar-refractivity contribution in [1.82, 2.24) is 15.6 Å². The fraction of sp³-hybridized carbons (Fsp3) is 0.417. The Hall–Kier alpha value is -1.40. The summed E-state index contributed by atoms with van der Waals surface area (Å²) in [6.07, 6.45) is 3.38. The van der Waals surface area contributed by atoms with Crippen LogP contribution < -0.4 is 16.4 Å². The number of rotatable bonds is 5. The standard InChI is InChI=1S/C12H18ClN5S/c1-2-15-12(18-11(14)19)17-8-4-6-10-9(13)5-3-7-16-10/h3,5,7H,2,4,6,8H2,1H3,(H4,14,15,17,18,19). The van der Waals surface area contributed by atoms with Crippen LogP contribution in [0, 0.1) is 0 Å². The summed E-state index contributed by atoms with van der Waals surface area (Å²) >= 11 is 10.8. The van der Waals surface area contributed by atoms with Crippen molar-refractivity contribution in [2.75, 3.05) is 13.1 Å². The zero-order valence-electron chi connectivity index (χ0n) is 10.8. The molecule has 4 N–H and O–H groups in total. The Kier molecular flexibility index (Phi) is 7.14. The molecule has 0 aliphatic carbocycles. The van der Waals surface area contributed by atoms with E-state index in [1.54, 1.807) is 6.20 Å². The van der Waals surface area contributed by atoms with Crippen LogP contribution in [-0.4, -0.2) is 29.1 Å². The molecule has 0 atom stereocenters. The van der Waals surface area contributed by atoms with Gasteiger partial charge in [-0.05, 0) is 44.1 Å². The molecule has 19 heavy (non-hydrogen) atoms. The fourth-order valence-electron chi connectivity index (χ4n) is 1.46.